The molecule has 1 aromatic heterocycles. The van der Waals surface area contributed by atoms with Crippen molar-refractivity contribution in [1.82, 2.24) is 9.88 Å². The third-order valence-electron chi connectivity index (χ3n) is 3.08. The predicted octanol–water partition coefficient (Wildman–Crippen LogP) is 2.37. The first-order valence-corrected chi connectivity index (χ1v) is 6.00. The Kier molecular flexibility index (Phi) is 3.46. The average molecular weight is 243 g/mol. The monoisotopic (exact) mass is 243 g/mol. The molecular formula is C14H17N3O. The van der Waals surface area contributed by atoms with Crippen molar-refractivity contribution < 1.29 is 4.79 Å². The molecule has 1 heterocycles. The van der Waals surface area contributed by atoms with Crippen LogP contribution in [0.25, 0.3) is 10.8 Å². The van der Waals surface area contributed by atoms with Gasteiger partial charge >= 0.3 is 0 Å². The van der Waals surface area contributed by atoms with Crippen LogP contribution in [0.5, 0.6) is 0 Å². The van der Waals surface area contributed by atoms with E-state index in [0.29, 0.717) is 12.1 Å². The van der Waals surface area contributed by atoms with E-state index in [1.165, 1.54) is 0 Å². The smallest absolute Gasteiger partial charge is 0.255 e. The van der Waals surface area contributed by atoms with Crippen molar-refractivity contribution in [2.75, 3.05) is 26.0 Å². The van der Waals surface area contributed by atoms with Gasteiger partial charge in [0.1, 0.15) is 5.82 Å². The highest BCUT2D eigenvalue weighted by Gasteiger charge is 2.15. The van der Waals surface area contributed by atoms with E-state index in [1.807, 2.05) is 38.2 Å². The van der Waals surface area contributed by atoms with E-state index in [2.05, 4.69) is 10.3 Å². The summed E-state index contributed by atoms with van der Waals surface area (Å²) in [5.74, 6) is 0.796. The van der Waals surface area contributed by atoms with E-state index in [1.54, 1.807) is 18.1 Å². The zero-order chi connectivity index (χ0) is 13.1. The number of anilines is 1. The lowest BCUT2D eigenvalue weighted by molar-refractivity contribution is 0.0804. The van der Waals surface area contributed by atoms with Crippen LogP contribution in [0.1, 0.15) is 17.3 Å². The van der Waals surface area contributed by atoms with E-state index in [9.17, 15) is 4.79 Å². The fourth-order valence-corrected chi connectivity index (χ4v) is 1.91. The van der Waals surface area contributed by atoms with Gasteiger partial charge in [-0.25, -0.2) is 4.98 Å². The summed E-state index contributed by atoms with van der Waals surface area (Å²) >= 11 is 0. The SMILES string of the molecule is CCN(C)C(=O)c1cnc(NC)c2ccccc12. The highest BCUT2D eigenvalue weighted by Crippen LogP contribution is 2.24. The van der Waals surface area contributed by atoms with Gasteiger partial charge in [0.05, 0.1) is 5.56 Å². The quantitative estimate of drug-likeness (QED) is 0.900. The maximum Gasteiger partial charge on any atom is 0.255 e. The van der Waals surface area contributed by atoms with Crippen LogP contribution in [-0.4, -0.2) is 36.4 Å². The Balaban J connectivity index is 2.63. The number of amides is 1. The number of hydrogen-bond acceptors (Lipinski definition) is 3. The Morgan fingerprint density at radius 2 is 2.00 bits per heavy atom. The number of pyridine rings is 1. The first kappa shape index (κ1) is 12.4. The lowest BCUT2D eigenvalue weighted by atomic mass is 10.1. The molecule has 94 valence electrons. The second kappa shape index (κ2) is 5.04. The lowest BCUT2D eigenvalue weighted by Crippen LogP contribution is -2.26. The zero-order valence-electron chi connectivity index (χ0n) is 10.9. The van der Waals surface area contributed by atoms with Gasteiger partial charge in [0.25, 0.3) is 5.91 Å². The Morgan fingerprint density at radius 3 is 2.61 bits per heavy atom. The summed E-state index contributed by atoms with van der Waals surface area (Å²) in [6, 6.07) is 7.80. The Morgan fingerprint density at radius 1 is 1.33 bits per heavy atom. The van der Waals surface area contributed by atoms with Gasteiger partial charge in [-0.2, -0.15) is 0 Å². The van der Waals surface area contributed by atoms with Crippen LogP contribution < -0.4 is 5.32 Å². The molecule has 1 aromatic carbocycles. The predicted molar refractivity (Wildman–Crippen MR) is 73.9 cm³/mol. The second-order valence-corrected chi connectivity index (χ2v) is 4.14. The average Bonchev–Trinajstić information content (AvgIpc) is 2.44. The summed E-state index contributed by atoms with van der Waals surface area (Å²) < 4.78 is 0. The van der Waals surface area contributed by atoms with Crippen LogP contribution >= 0.6 is 0 Å². The molecular weight excluding hydrogens is 226 g/mol. The molecule has 0 fully saturated rings. The highest BCUT2D eigenvalue weighted by atomic mass is 16.2. The van der Waals surface area contributed by atoms with Gasteiger partial charge in [0.2, 0.25) is 0 Å². The Bertz CT molecular complexity index is 580. The number of aromatic nitrogens is 1. The second-order valence-electron chi connectivity index (χ2n) is 4.14. The minimum atomic E-state index is 0.00357. The molecule has 1 amide bonds. The summed E-state index contributed by atoms with van der Waals surface area (Å²) in [4.78, 5) is 18.2. The van der Waals surface area contributed by atoms with E-state index >= 15 is 0 Å². The van der Waals surface area contributed by atoms with Crippen LogP contribution in [0, 0.1) is 0 Å². The van der Waals surface area contributed by atoms with Crippen molar-refractivity contribution in [2.24, 2.45) is 0 Å². The van der Waals surface area contributed by atoms with E-state index < -0.39 is 0 Å². The summed E-state index contributed by atoms with van der Waals surface area (Å²) in [7, 11) is 3.62. The van der Waals surface area contributed by atoms with Crippen LogP contribution in [0.2, 0.25) is 0 Å². The molecule has 0 spiro atoms. The van der Waals surface area contributed by atoms with Crippen molar-refractivity contribution in [1.29, 1.82) is 0 Å². The van der Waals surface area contributed by atoms with Crippen molar-refractivity contribution in [3.05, 3.63) is 36.0 Å². The summed E-state index contributed by atoms with van der Waals surface area (Å²) in [5.41, 5.74) is 0.647. The van der Waals surface area contributed by atoms with Gasteiger partial charge in [-0.3, -0.25) is 4.79 Å². The van der Waals surface area contributed by atoms with Crippen LogP contribution in [0.4, 0.5) is 5.82 Å². The standard InChI is InChI=1S/C14H17N3O/c1-4-17(3)14(18)12-9-16-13(15-2)11-8-6-5-7-10(11)12/h5-9H,4H2,1-3H3,(H,15,16). The molecule has 0 radical (unpaired) electrons. The third kappa shape index (κ3) is 2.01. The highest BCUT2D eigenvalue weighted by molar-refractivity contribution is 6.09. The number of fused-ring (bicyclic) bond motifs is 1. The van der Waals surface area contributed by atoms with Gasteiger partial charge in [-0.1, -0.05) is 24.3 Å². The summed E-state index contributed by atoms with van der Waals surface area (Å²) in [5, 5.41) is 4.94. The Labute approximate surface area is 107 Å². The Hall–Kier alpha value is -2.10. The number of rotatable bonds is 3. The molecule has 0 bridgehead atoms. The molecule has 0 saturated heterocycles. The molecule has 0 atom stereocenters. The maximum atomic E-state index is 12.3. The van der Waals surface area contributed by atoms with E-state index in [-0.39, 0.29) is 5.91 Å². The number of nitrogens with one attached hydrogen (secondary N) is 1. The molecule has 2 rings (SSSR count). The first-order chi connectivity index (χ1) is 8.69. The van der Waals surface area contributed by atoms with Crippen molar-refractivity contribution >= 4 is 22.5 Å². The number of carbonyl (C=O) groups excluding carboxylic acids is 1. The van der Waals surface area contributed by atoms with Gasteiger partial charge in [-0.15, -0.1) is 0 Å². The van der Waals surface area contributed by atoms with Crippen LogP contribution in [0.15, 0.2) is 30.5 Å². The van der Waals surface area contributed by atoms with Gasteiger partial charge < -0.3 is 10.2 Å². The summed E-state index contributed by atoms with van der Waals surface area (Å²) in [6.07, 6.45) is 1.64. The molecule has 18 heavy (non-hydrogen) atoms. The molecule has 0 saturated carbocycles. The first-order valence-electron chi connectivity index (χ1n) is 6.00. The van der Waals surface area contributed by atoms with E-state index in [4.69, 9.17) is 0 Å². The van der Waals surface area contributed by atoms with Crippen LogP contribution in [0.3, 0.4) is 0 Å². The molecule has 2 aromatic rings. The van der Waals surface area contributed by atoms with Gasteiger partial charge in [0.15, 0.2) is 0 Å². The van der Waals surface area contributed by atoms with Crippen molar-refractivity contribution in [3.63, 3.8) is 0 Å². The number of benzene rings is 1. The van der Waals surface area contributed by atoms with Crippen molar-refractivity contribution in [3.8, 4) is 0 Å². The number of hydrogen-bond donors (Lipinski definition) is 1. The van der Waals surface area contributed by atoms with Gasteiger partial charge in [0, 0.05) is 32.2 Å². The minimum absolute atomic E-state index is 0.00357. The topological polar surface area (TPSA) is 45.2 Å². The van der Waals surface area contributed by atoms with E-state index in [0.717, 1.165) is 16.6 Å². The van der Waals surface area contributed by atoms with Crippen LogP contribution in [-0.2, 0) is 0 Å². The lowest BCUT2D eigenvalue weighted by Gasteiger charge is -2.16. The minimum Gasteiger partial charge on any atom is -0.373 e. The summed E-state index contributed by atoms with van der Waals surface area (Å²) in [6.45, 7) is 2.64. The van der Waals surface area contributed by atoms with Crippen molar-refractivity contribution in [2.45, 2.75) is 6.92 Å². The van der Waals surface area contributed by atoms with Gasteiger partial charge in [-0.05, 0) is 12.3 Å². The fourth-order valence-electron chi connectivity index (χ4n) is 1.91. The third-order valence-corrected chi connectivity index (χ3v) is 3.08. The molecule has 0 aliphatic rings. The molecule has 0 unspecified atom stereocenters. The fraction of sp³-hybridized carbons (Fsp3) is 0.286. The molecule has 1 N–H and O–H groups in total. The normalized spacial score (nSPS) is 10.4. The molecule has 0 aliphatic heterocycles. The maximum absolute atomic E-state index is 12.3. The molecule has 0 aliphatic carbocycles. The molecule has 4 nitrogen and oxygen atoms in total. The largest absolute Gasteiger partial charge is 0.373 e. The zero-order valence-corrected chi connectivity index (χ0v) is 10.9. The molecule has 4 heteroatoms. The number of nitrogens with zero attached hydrogens (tertiary/aromatic N) is 2. The number of carbonyl (C=O) groups is 1.